The van der Waals surface area contributed by atoms with Crippen LogP contribution in [0.1, 0.15) is 17.0 Å². The van der Waals surface area contributed by atoms with Gasteiger partial charge in [0.05, 0.1) is 11.4 Å². The van der Waals surface area contributed by atoms with Crippen LogP contribution in [0.3, 0.4) is 0 Å². The van der Waals surface area contributed by atoms with Crippen molar-refractivity contribution in [1.29, 1.82) is 0 Å². The molecule has 10 rings (SSSR count). The van der Waals surface area contributed by atoms with E-state index in [2.05, 4.69) is 182 Å². The molecule has 0 aliphatic carbocycles. The van der Waals surface area contributed by atoms with E-state index in [4.69, 9.17) is 4.42 Å². The number of aromatic nitrogens is 2. The number of furan rings is 1. The normalized spacial score (nSPS) is 11.0. The highest BCUT2D eigenvalue weighted by atomic mass is 16.3. The van der Waals surface area contributed by atoms with Crippen LogP contribution in [0.4, 0.5) is 0 Å². The third-order valence-electron chi connectivity index (χ3n) is 10.7. The van der Waals surface area contributed by atoms with Gasteiger partial charge in [0.2, 0.25) is 0 Å². The van der Waals surface area contributed by atoms with Crippen LogP contribution in [0.15, 0.2) is 205 Å². The number of nitrogens with zero attached hydrogens (tertiary/aromatic N) is 2. The van der Waals surface area contributed by atoms with Gasteiger partial charge in [0.25, 0.3) is 0 Å². The standard InChI is InChI=1S/C38H28O.C17H14N2/c1-25-21-22-30(27-13-6-3-7-14-27)24-33(25)35-26(2)23-34(29-17-10-5-11-18-29)38-36(35)32-20-12-19-31(37(32)39-38)28-15-8-4-9-16-28;1-13-18-16(14-8-4-2-5-9-14)12-17(19-13)15-10-6-3-7-11-15/h3-24H,1-2H3;2-12H,1H3. The lowest BCUT2D eigenvalue weighted by Gasteiger charge is -2.16. The molecule has 0 saturated heterocycles. The fourth-order valence-electron chi connectivity index (χ4n) is 7.92. The summed E-state index contributed by atoms with van der Waals surface area (Å²) in [6.45, 7) is 6.37. The monoisotopic (exact) mass is 746 g/mol. The lowest BCUT2D eigenvalue weighted by atomic mass is 9.87. The number of fused-ring (bicyclic) bond motifs is 3. The molecule has 0 spiro atoms. The summed E-state index contributed by atoms with van der Waals surface area (Å²) in [5, 5.41) is 2.32. The minimum atomic E-state index is 0.792. The van der Waals surface area contributed by atoms with Gasteiger partial charge in [0, 0.05) is 33.0 Å². The highest BCUT2D eigenvalue weighted by Crippen LogP contribution is 2.47. The maximum atomic E-state index is 6.90. The van der Waals surface area contributed by atoms with Gasteiger partial charge in [-0.05, 0) is 83.5 Å². The van der Waals surface area contributed by atoms with Gasteiger partial charge in [-0.25, -0.2) is 9.97 Å². The highest BCUT2D eigenvalue weighted by Gasteiger charge is 2.22. The summed E-state index contributed by atoms with van der Waals surface area (Å²) in [5.74, 6) is 0.792. The smallest absolute Gasteiger partial charge is 0.143 e. The van der Waals surface area contributed by atoms with Gasteiger partial charge in [-0.1, -0.05) is 182 Å². The lowest BCUT2D eigenvalue weighted by molar-refractivity contribution is 0.671. The fourth-order valence-corrected chi connectivity index (χ4v) is 7.92. The van der Waals surface area contributed by atoms with Crippen molar-refractivity contribution in [3.8, 4) is 67.0 Å². The van der Waals surface area contributed by atoms with Gasteiger partial charge in [0.1, 0.15) is 17.0 Å². The molecule has 0 unspecified atom stereocenters. The van der Waals surface area contributed by atoms with Gasteiger partial charge in [-0.3, -0.25) is 0 Å². The lowest BCUT2D eigenvalue weighted by Crippen LogP contribution is -1.94. The summed E-state index contributed by atoms with van der Waals surface area (Å²) in [5.41, 5.74) is 18.0. The second-order valence-corrected chi connectivity index (χ2v) is 14.6. The minimum Gasteiger partial charge on any atom is -0.455 e. The first kappa shape index (κ1) is 36.3. The average molecular weight is 747 g/mol. The Morgan fingerprint density at radius 2 is 0.845 bits per heavy atom. The summed E-state index contributed by atoms with van der Waals surface area (Å²) >= 11 is 0. The van der Waals surface area contributed by atoms with E-state index in [0.29, 0.717) is 0 Å². The molecule has 2 aromatic heterocycles. The Morgan fingerprint density at radius 1 is 0.345 bits per heavy atom. The topological polar surface area (TPSA) is 38.9 Å². The van der Waals surface area contributed by atoms with Crippen molar-refractivity contribution >= 4 is 21.9 Å². The molecular formula is C55H42N2O. The molecule has 0 atom stereocenters. The number of hydrogen-bond acceptors (Lipinski definition) is 3. The first-order valence-electron chi connectivity index (χ1n) is 19.7. The molecule has 0 bridgehead atoms. The van der Waals surface area contributed by atoms with Crippen LogP contribution in [0.2, 0.25) is 0 Å². The van der Waals surface area contributed by atoms with Crippen molar-refractivity contribution in [2.45, 2.75) is 20.8 Å². The third kappa shape index (κ3) is 7.22. The van der Waals surface area contributed by atoms with E-state index >= 15 is 0 Å². The summed E-state index contributed by atoms with van der Waals surface area (Å²) < 4.78 is 6.90. The van der Waals surface area contributed by atoms with Gasteiger partial charge in [0.15, 0.2) is 0 Å². The van der Waals surface area contributed by atoms with E-state index in [-0.39, 0.29) is 0 Å². The molecule has 8 aromatic carbocycles. The Kier molecular flexibility index (Phi) is 10.0. The number of aryl methyl sites for hydroxylation is 3. The average Bonchev–Trinajstić information content (AvgIpc) is 3.68. The number of rotatable bonds is 6. The van der Waals surface area contributed by atoms with Crippen molar-refractivity contribution in [1.82, 2.24) is 9.97 Å². The molecule has 0 fully saturated rings. The van der Waals surface area contributed by atoms with Crippen molar-refractivity contribution in [3.05, 3.63) is 217 Å². The molecule has 0 amide bonds. The van der Waals surface area contributed by atoms with Crippen molar-refractivity contribution in [2.24, 2.45) is 0 Å². The van der Waals surface area contributed by atoms with Gasteiger partial charge in [-0.15, -0.1) is 0 Å². The second kappa shape index (κ2) is 16.0. The van der Waals surface area contributed by atoms with E-state index in [1.807, 2.05) is 49.4 Å². The molecule has 10 aromatic rings. The van der Waals surface area contributed by atoms with Crippen LogP contribution < -0.4 is 0 Å². The zero-order valence-corrected chi connectivity index (χ0v) is 32.9. The second-order valence-electron chi connectivity index (χ2n) is 14.6. The fraction of sp³-hybridized carbons (Fsp3) is 0.0545. The van der Waals surface area contributed by atoms with E-state index in [9.17, 15) is 0 Å². The van der Waals surface area contributed by atoms with Crippen LogP contribution in [0.5, 0.6) is 0 Å². The Balaban J connectivity index is 0.000000192. The van der Waals surface area contributed by atoms with Crippen LogP contribution in [-0.2, 0) is 0 Å². The zero-order chi connectivity index (χ0) is 39.4. The van der Waals surface area contributed by atoms with Crippen molar-refractivity contribution in [3.63, 3.8) is 0 Å². The number of benzene rings is 8. The third-order valence-corrected chi connectivity index (χ3v) is 10.7. The van der Waals surface area contributed by atoms with Gasteiger partial charge in [-0.2, -0.15) is 0 Å². The van der Waals surface area contributed by atoms with Crippen LogP contribution >= 0.6 is 0 Å². The van der Waals surface area contributed by atoms with Crippen LogP contribution in [-0.4, -0.2) is 9.97 Å². The summed E-state index contributed by atoms with van der Waals surface area (Å²) in [6, 6.07) is 69.8. The number of para-hydroxylation sites is 1. The largest absolute Gasteiger partial charge is 0.455 e. The SMILES string of the molecule is Cc1ccc(-c2ccccc2)cc1-c1c(C)cc(-c2ccccc2)c2oc3c(-c4ccccc4)cccc3c12.Cc1nc(-c2ccccc2)cc(-c2ccccc2)n1. The molecule has 2 heterocycles. The first-order valence-corrected chi connectivity index (χ1v) is 19.7. The predicted molar refractivity (Wildman–Crippen MR) is 243 cm³/mol. The molecule has 0 radical (unpaired) electrons. The Labute approximate surface area is 340 Å². The van der Waals surface area contributed by atoms with Gasteiger partial charge < -0.3 is 4.42 Å². The van der Waals surface area contributed by atoms with E-state index in [1.54, 1.807) is 0 Å². The molecular weight excluding hydrogens is 705 g/mol. The molecule has 0 saturated carbocycles. The molecule has 3 heteroatoms. The molecule has 58 heavy (non-hydrogen) atoms. The Hall–Kier alpha value is -7.36. The van der Waals surface area contributed by atoms with Crippen molar-refractivity contribution in [2.75, 3.05) is 0 Å². The minimum absolute atomic E-state index is 0.792. The van der Waals surface area contributed by atoms with E-state index < -0.39 is 0 Å². The molecule has 3 nitrogen and oxygen atoms in total. The molecule has 278 valence electrons. The van der Waals surface area contributed by atoms with E-state index in [1.165, 1.54) is 38.8 Å². The Morgan fingerprint density at radius 3 is 1.40 bits per heavy atom. The summed E-state index contributed by atoms with van der Waals surface area (Å²) in [4.78, 5) is 9.04. The van der Waals surface area contributed by atoms with Gasteiger partial charge >= 0.3 is 0 Å². The maximum Gasteiger partial charge on any atom is 0.143 e. The first-order chi connectivity index (χ1) is 28.5. The predicted octanol–water partition coefficient (Wildman–Crippen LogP) is 15.0. The molecule has 0 N–H and O–H groups in total. The summed E-state index contributed by atoms with van der Waals surface area (Å²) in [7, 11) is 0. The maximum absolute atomic E-state index is 6.90. The Bertz CT molecular complexity index is 2930. The highest BCUT2D eigenvalue weighted by molar-refractivity contribution is 6.19. The van der Waals surface area contributed by atoms with Crippen molar-refractivity contribution < 1.29 is 4.42 Å². The van der Waals surface area contributed by atoms with Crippen LogP contribution in [0, 0.1) is 20.8 Å². The van der Waals surface area contributed by atoms with E-state index in [0.717, 1.165) is 67.1 Å². The zero-order valence-electron chi connectivity index (χ0n) is 32.9. The molecule has 0 aliphatic heterocycles. The molecule has 0 aliphatic rings. The van der Waals surface area contributed by atoms with Crippen LogP contribution in [0.25, 0.3) is 89.0 Å². The number of hydrogen-bond donors (Lipinski definition) is 0. The summed E-state index contributed by atoms with van der Waals surface area (Å²) in [6.07, 6.45) is 0. The quantitative estimate of drug-likeness (QED) is 0.170.